The predicted molar refractivity (Wildman–Crippen MR) is 206 cm³/mol. The minimum atomic E-state index is -0.497. The van der Waals surface area contributed by atoms with Gasteiger partial charge < -0.3 is 18.9 Å². The summed E-state index contributed by atoms with van der Waals surface area (Å²) in [5.41, 5.74) is 8.94. The SMILES string of the molecule is O=C1OCCCCCCOC(=O)c2ccccc2N/N=C/1c1ccccc1.O=C1OCCCCCCOC(=O)c2ccccc2N/N=C/1c1ccccc1. The van der Waals surface area contributed by atoms with Gasteiger partial charge >= 0.3 is 23.9 Å². The molecule has 12 nitrogen and oxygen atoms in total. The van der Waals surface area contributed by atoms with Crippen LogP contribution in [-0.2, 0) is 28.5 Å². The van der Waals surface area contributed by atoms with E-state index in [2.05, 4.69) is 21.1 Å². The monoisotopic (exact) mass is 732 g/mol. The van der Waals surface area contributed by atoms with Gasteiger partial charge in [-0.05, 0) is 75.6 Å². The summed E-state index contributed by atoms with van der Waals surface area (Å²) < 4.78 is 21.5. The first-order valence-electron chi connectivity index (χ1n) is 18.2. The highest BCUT2D eigenvalue weighted by Crippen LogP contribution is 2.19. The standard InChI is InChI=1S/2C21H22N2O4/c2*24-20-17-12-6-7-13-18(17)22-23-19(16-10-4-3-5-11-16)21(25)27-15-9-2-1-8-14-26-20/h2*3-7,10-13,22H,1-2,8-9,14-15H2/b2*23-19+. The molecule has 2 N–H and O–H groups in total. The Morgan fingerprint density at radius 3 is 1.06 bits per heavy atom. The fraction of sp³-hybridized carbons (Fsp3) is 0.286. The summed E-state index contributed by atoms with van der Waals surface area (Å²) in [5.74, 6) is -1.81. The van der Waals surface area contributed by atoms with Crippen molar-refractivity contribution >= 4 is 46.7 Å². The van der Waals surface area contributed by atoms with Gasteiger partial charge in [-0.2, -0.15) is 10.2 Å². The molecule has 2 aliphatic rings. The molecule has 6 rings (SSSR count). The number of para-hydroxylation sites is 2. The molecule has 0 saturated carbocycles. The molecule has 280 valence electrons. The zero-order valence-corrected chi connectivity index (χ0v) is 30.0. The van der Waals surface area contributed by atoms with Crippen molar-refractivity contribution in [3.05, 3.63) is 131 Å². The average Bonchev–Trinajstić information content (AvgIpc) is 3.21. The zero-order valence-electron chi connectivity index (χ0n) is 30.0. The van der Waals surface area contributed by atoms with E-state index in [1.165, 1.54) is 0 Å². The number of fused-ring (bicyclic) bond motifs is 2. The molecule has 0 amide bonds. The summed E-state index contributed by atoms with van der Waals surface area (Å²) in [7, 11) is 0. The van der Waals surface area contributed by atoms with Crippen LogP contribution in [0.1, 0.15) is 83.2 Å². The topological polar surface area (TPSA) is 154 Å². The number of rotatable bonds is 2. The first kappa shape index (κ1) is 38.9. The molecule has 0 saturated heterocycles. The molecular weight excluding hydrogens is 688 g/mol. The van der Waals surface area contributed by atoms with Crippen LogP contribution in [0.5, 0.6) is 0 Å². The molecule has 0 fully saturated rings. The first-order chi connectivity index (χ1) is 26.5. The summed E-state index contributed by atoms with van der Waals surface area (Å²) in [6.45, 7) is 1.40. The number of hydrogen-bond acceptors (Lipinski definition) is 12. The average molecular weight is 733 g/mol. The molecule has 0 spiro atoms. The van der Waals surface area contributed by atoms with Crippen molar-refractivity contribution in [2.24, 2.45) is 10.2 Å². The second-order valence-corrected chi connectivity index (χ2v) is 12.3. The molecule has 0 bridgehead atoms. The highest BCUT2D eigenvalue weighted by atomic mass is 16.5. The molecule has 2 aliphatic heterocycles. The first-order valence-corrected chi connectivity index (χ1v) is 18.2. The van der Waals surface area contributed by atoms with E-state index in [4.69, 9.17) is 18.9 Å². The second kappa shape index (κ2) is 21.3. The maximum absolute atomic E-state index is 12.5. The highest BCUT2D eigenvalue weighted by molar-refractivity contribution is 6.44. The third-order valence-electron chi connectivity index (χ3n) is 8.36. The Labute approximate surface area is 314 Å². The Balaban J connectivity index is 0.000000208. The lowest BCUT2D eigenvalue weighted by Crippen LogP contribution is -2.21. The second-order valence-electron chi connectivity index (χ2n) is 12.3. The minimum absolute atomic E-state index is 0.161. The Hall–Kier alpha value is -6.30. The van der Waals surface area contributed by atoms with E-state index in [9.17, 15) is 19.2 Å². The van der Waals surface area contributed by atoms with Gasteiger partial charge in [-0.25, -0.2) is 19.2 Å². The fourth-order valence-corrected chi connectivity index (χ4v) is 5.46. The number of cyclic esters (lactones) is 4. The van der Waals surface area contributed by atoms with E-state index >= 15 is 0 Å². The van der Waals surface area contributed by atoms with Crippen molar-refractivity contribution in [2.45, 2.75) is 51.4 Å². The lowest BCUT2D eigenvalue weighted by atomic mass is 10.1. The van der Waals surface area contributed by atoms with Crippen LogP contribution in [0.15, 0.2) is 119 Å². The van der Waals surface area contributed by atoms with Gasteiger partial charge in [0.1, 0.15) is 0 Å². The van der Waals surface area contributed by atoms with Gasteiger partial charge in [0.05, 0.1) is 48.9 Å². The lowest BCUT2D eigenvalue weighted by Gasteiger charge is -2.10. The maximum atomic E-state index is 12.5. The van der Waals surface area contributed by atoms with E-state index in [0.717, 1.165) is 51.4 Å². The van der Waals surface area contributed by atoms with E-state index in [1.807, 2.05) is 36.4 Å². The lowest BCUT2D eigenvalue weighted by molar-refractivity contribution is -0.136. The van der Waals surface area contributed by atoms with Crippen LogP contribution in [0, 0.1) is 0 Å². The Kier molecular flexibility index (Phi) is 15.3. The smallest absolute Gasteiger partial charge is 0.359 e. The van der Waals surface area contributed by atoms with Crippen LogP contribution in [0.25, 0.3) is 0 Å². The summed E-state index contributed by atoms with van der Waals surface area (Å²) in [5, 5.41) is 8.49. The quantitative estimate of drug-likeness (QED) is 0.156. The number of ether oxygens (including phenoxy) is 4. The van der Waals surface area contributed by atoms with Crippen LogP contribution in [-0.4, -0.2) is 61.7 Å². The van der Waals surface area contributed by atoms with Gasteiger partial charge in [0.2, 0.25) is 0 Å². The van der Waals surface area contributed by atoms with Crippen molar-refractivity contribution < 1.29 is 38.1 Å². The zero-order chi connectivity index (χ0) is 37.8. The van der Waals surface area contributed by atoms with Gasteiger partial charge in [0.25, 0.3) is 0 Å². The number of nitrogens with zero attached hydrogens (tertiary/aromatic N) is 2. The number of nitrogens with one attached hydrogen (secondary N) is 2. The molecule has 4 aromatic carbocycles. The van der Waals surface area contributed by atoms with Crippen molar-refractivity contribution in [3.8, 4) is 0 Å². The molecule has 2 heterocycles. The van der Waals surface area contributed by atoms with E-state index in [0.29, 0.717) is 60.1 Å². The van der Waals surface area contributed by atoms with Gasteiger partial charge in [-0.15, -0.1) is 0 Å². The van der Waals surface area contributed by atoms with Gasteiger partial charge in [-0.1, -0.05) is 84.9 Å². The third-order valence-corrected chi connectivity index (χ3v) is 8.36. The van der Waals surface area contributed by atoms with Crippen LogP contribution < -0.4 is 10.9 Å². The van der Waals surface area contributed by atoms with Crippen LogP contribution in [0.4, 0.5) is 11.4 Å². The number of hydrogen-bond donors (Lipinski definition) is 2. The summed E-state index contributed by atoms with van der Waals surface area (Å²) in [6.07, 6.45) is 6.69. The molecule has 0 atom stereocenters. The molecule has 0 unspecified atom stereocenters. The van der Waals surface area contributed by atoms with Gasteiger partial charge in [0, 0.05) is 11.1 Å². The molecule has 4 aromatic rings. The van der Waals surface area contributed by atoms with Gasteiger partial charge in [-0.3, -0.25) is 10.9 Å². The van der Waals surface area contributed by atoms with Crippen LogP contribution >= 0.6 is 0 Å². The van der Waals surface area contributed by atoms with E-state index < -0.39 is 23.9 Å². The van der Waals surface area contributed by atoms with E-state index in [1.54, 1.807) is 72.8 Å². The number of carbonyl (C=O) groups excluding carboxylic acids is 4. The summed E-state index contributed by atoms with van der Waals surface area (Å²) >= 11 is 0. The number of carbonyl (C=O) groups is 4. The fourth-order valence-electron chi connectivity index (χ4n) is 5.46. The van der Waals surface area contributed by atoms with Gasteiger partial charge in [0.15, 0.2) is 11.4 Å². The minimum Gasteiger partial charge on any atom is -0.462 e. The molecule has 0 aromatic heterocycles. The van der Waals surface area contributed by atoms with Crippen molar-refractivity contribution in [1.82, 2.24) is 0 Å². The third kappa shape index (κ3) is 11.9. The predicted octanol–water partition coefficient (Wildman–Crippen LogP) is 7.55. The Morgan fingerprint density at radius 2 is 0.685 bits per heavy atom. The Bertz CT molecular complexity index is 1770. The van der Waals surface area contributed by atoms with Crippen molar-refractivity contribution in [2.75, 3.05) is 37.3 Å². The van der Waals surface area contributed by atoms with E-state index in [-0.39, 0.29) is 11.4 Å². The van der Waals surface area contributed by atoms with Crippen LogP contribution in [0.3, 0.4) is 0 Å². The largest absolute Gasteiger partial charge is 0.462 e. The van der Waals surface area contributed by atoms with Crippen molar-refractivity contribution in [1.29, 1.82) is 0 Å². The number of anilines is 2. The number of hydrazone groups is 2. The van der Waals surface area contributed by atoms with Crippen molar-refractivity contribution in [3.63, 3.8) is 0 Å². The Morgan fingerprint density at radius 1 is 0.370 bits per heavy atom. The number of benzene rings is 4. The normalized spacial score (nSPS) is 18.4. The summed E-state index contributed by atoms with van der Waals surface area (Å²) in [6, 6.07) is 32.0. The molecule has 0 radical (unpaired) electrons. The molecule has 0 aliphatic carbocycles. The number of esters is 4. The highest BCUT2D eigenvalue weighted by Gasteiger charge is 2.20. The molecule has 12 heteroatoms. The maximum Gasteiger partial charge on any atom is 0.359 e. The molecular formula is C42H44N4O8. The van der Waals surface area contributed by atoms with Crippen LogP contribution in [0.2, 0.25) is 0 Å². The summed E-state index contributed by atoms with van der Waals surface area (Å²) in [4.78, 5) is 49.8. The molecule has 54 heavy (non-hydrogen) atoms.